The van der Waals surface area contributed by atoms with Crippen LogP contribution in [0, 0.1) is 13.8 Å². The fourth-order valence-electron chi connectivity index (χ4n) is 3.69. The Kier molecular flexibility index (Phi) is 1.94. The summed E-state index contributed by atoms with van der Waals surface area (Å²) < 4.78 is 1.11. The molecule has 4 unspecified atom stereocenters. The number of hydrogen-bond donors (Lipinski definition) is 0. The van der Waals surface area contributed by atoms with Gasteiger partial charge in [-0.2, -0.15) is 0 Å². The molecule has 1 aromatic carbocycles. The SMILES string of the molecule is Cc1ccc(C23C=CC4(C)SC4C2(C)S3)c(C)c1. The first-order valence-corrected chi connectivity index (χ1v) is 8.27. The van der Waals surface area contributed by atoms with E-state index >= 15 is 0 Å². The molecular formula is C16H18S2. The first-order valence-electron chi connectivity index (χ1n) is 6.57. The van der Waals surface area contributed by atoms with E-state index in [1.54, 1.807) is 0 Å². The van der Waals surface area contributed by atoms with Crippen LogP contribution in [0.2, 0.25) is 0 Å². The van der Waals surface area contributed by atoms with Crippen LogP contribution in [-0.2, 0) is 4.75 Å². The molecular weight excluding hydrogens is 256 g/mol. The van der Waals surface area contributed by atoms with Crippen molar-refractivity contribution in [1.29, 1.82) is 0 Å². The summed E-state index contributed by atoms with van der Waals surface area (Å²) in [6.45, 7) is 9.29. The van der Waals surface area contributed by atoms with E-state index < -0.39 is 0 Å². The molecule has 2 heteroatoms. The standard InChI is InChI=1S/C16H18S2/c1-10-5-6-12(11(2)9-10)16-8-7-14(3)13(17-14)15(16,4)18-16/h5-9,13H,1-4H3. The Morgan fingerprint density at radius 2 is 1.89 bits per heavy atom. The van der Waals surface area contributed by atoms with Crippen LogP contribution in [0.3, 0.4) is 0 Å². The Morgan fingerprint density at radius 1 is 1.11 bits per heavy atom. The van der Waals surface area contributed by atoms with E-state index in [1.807, 2.05) is 0 Å². The van der Waals surface area contributed by atoms with E-state index in [4.69, 9.17) is 0 Å². The molecule has 0 bridgehead atoms. The lowest BCUT2D eigenvalue weighted by molar-refractivity contribution is 0.573. The third-order valence-electron chi connectivity index (χ3n) is 4.84. The highest BCUT2D eigenvalue weighted by Crippen LogP contribution is 2.83. The van der Waals surface area contributed by atoms with Gasteiger partial charge in [0.15, 0.2) is 0 Å². The van der Waals surface area contributed by atoms with Gasteiger partial charge >= 0.3 is 0 Å². The highest BCUT2D eigenvalue weighted by atomic mass is 32.2. The molecule has 2 aliphatic heterocycles. The average molecular weight is 274 g/mol. The van der Waals surface area contributed by atoms with Gasteiger partial charge in [0.25, 0.3) is 0 Å². The minimum absolute atomic E-state index is 0.262. The summed E-state index contributed by atoms with van der Waals surface area (Å²) in [5, 5.41) is 0.806. The molecule has 2 fully saturated rings. The molecule has 1 aliphatic carbocycles. The molecule has 3 aliphatic rings. The van der Waals surface area contributed by atoms with E-state index in [-0.39, 0.29) is 4.75 Å². The van der Waals surface area contributed by atoms with Crippen LogP contribution in [-0.4, -0.2) is 14.7 Å². The lowest BCUT2D eigenvalue weighted by Crippen LogP contribution is -2.32. The van der Waals surface area contributed by atoms with Gasteiger partial charge in [-0.05, 0) is 38.8 Å². The Balaban J connectivity index is 1.85. The molecule has 0 aromatic heterocycles. The van der Waals surface area contributed by atoms with Gasteiger partial charge in [0.05, 0.1) is 9.49 Å². The summed E-state index contributed by atoms with van der Waals surface area (Å²) in [5.41, 5.74) is 4.35. The van der Waals surface area contributed by atoms with Crippen molar-refractivity contribution in [2.24, 2.45) is 0 Å². The number of fused-ring (bicyclic) bond motifs is 3. The molecule has 0 N–H and O–H groups in total. The first-order chi connectivity index (χ1) is 8.41. The maximum atomic E-state index is 2.49. The first kappa shape index (κ1) is 11.5. The monoisotopic (exact) mass is 274 g/mol. The van der Waals surface area contributed by atoms with Crippen molar-refractivity contribution in [3.63, 3.8) is 0 Å². The highest BCUT2D eigenvalue weighted by molar-refractivity contribution is 8.14. The molecule has 0 spiro atoms. The van der Waals surface area contributed by atoms with Gasteiger partial charge in [0, 0.05) is 10.00 Å². The summed E-state index contributed by atoms with van der Waals surface area (Å²) in [5.74, 6) is 0. The van der Waals surface area contributed by atoms with Gasteiger partial charge in [-0.1, -0.05) is 35.9 Å². The van der Waals surface area contributed by atoms with E-state index in [9.17, 15) is 0 Å². The Labute approximate surface area is 118 Å². The number of hydrogen-bond acceptors (Lipinski definition) is 2. The van der Waals surface area contributed by atoms with Crippen molar-refractivity contribution >= 4 is 23.5 Å². The zero-order chi connectivity index (χ0) is 12.8. The topological polar surface area (TPSA) is 0 Å². The minimum Gasteiger partial charge on any atom is -0.143 e. The van der Waals surface area contributed by atoms with Gasteiger partial charge < -0.3 is 0 Å². The fraction of sp³-hybridized carbons (Fsp3) is 0.500. The van der Waals surface area contributed by atoms with E-state index in [0.29, 0.717) is 9.49 Å². The molecule has 0 amide bonds. The van der Waals surface area contributed by atoms with Crippen molar-refractivity contribution in [1.82, 2.24) is 0 Å². The van der Waals surface area contributed by atoms with Crippen molar-refractivity contribution in [3.8, 4) is 0 Å². The summed E-state index contributed by atoms with van der Waals surface area (Å²) in [7, 11) is 0. The summed E-state index contributed by atoms with van der Waals surface area (Å²) in [6, 6.07) is 6.94. The van der Waals surface area contributed by atoms with Crippen LogP contribution in [0.1, 0.15) is 30.5 Å². The van der Waals surface area contributed by atoms with Crippen LogP contribution in [0.25, 0.3) is 0 Å². The molecule has 0 nitrogen and oxygen atoms in total. The van der Waals surface area contributed by atoms with Gasteiger partial charge in [0.2, 0.25) is 0 Å². The zero-order valence-corrected chi connectivity index (χ0v) is 12.9. The lowest BCUT2D eigenvalue weighted by Gasteiger charge is -2.24. The van der Waals surface area contributed by atoms with E-state index in [0.717, 1.165) is 5.25 Å². The predicted molar refractivity (Wildman–Crippen MR) is 82.5 cm³/mol. The summed E-state index contributed by atoms with van der Waals surface area (Å²) >= 11 is 4.31. The number of benzene rings is 1. The zero-order valence-electron chi connectivity index (χ0n) is 11.3. The van der Waals surface area contributed by atoms with Crippen LogP contribution >= 0.6 is 23.5 Å². The molecule has 18 heavy (non-hydrogen) atoms. The van der Waals surface area contributed by atoms with Gasteiger partial charge in [0.1, 0.15) is 0 Å². The number of thioether (sulfide) groups is 2. The largest absolute Gasteiger partial charge is 0.143 e. The van der Waals surface area contributed by atoms with Gasteiger partial charge in [-0.15, -0.1) is 23.5 Å². The van der Waals surface area contributed by atoms with Crippen LogP contribution in [0.4, 0.5) is 0 Å². The second kappa shape index (κ2) is 3.04. The number of aryl methyl sites for hydroxylation is 2. The van der Waals surface area contributed by atoms with E-state index in [2.05, 4.69) is 81.6 Å². The molecule has 4 atom stereocenters. The second-order valence-corrected chi connectivity index (χ2v) is 9.56. The molecule has 4 rings (SSSR count). The molecule has 94 valence electrons. The second-order valence-electron chi connectivity index (χ2n) is 6.28. The summed E-state index contributed by atoms with van der Waals surface area (Å²) in [6.07, 6.45) is 4.95. The van der Waals surface area contributed by atoms with Gasteiger partial charge in [-0.3, -0.25) is 0 Å². The van der Waals surface area contributed by atoms with Crippen LogP contribution < -0.4 is 0 Å². The van der Waals surface area contributed by atoms with Gasteiger partial charge in [-0.25, -0.2) is 0 Å². The van der Waals surface area contributed by atoms with Crippen molar-refractivity contribution in [3.05, 3.63) is 47.0 Å². The lowest BCUT2D eigenvalue weighted by atomic mass is 9.76. The molecule has 2 heterocycles. The predicted octanol–water partition coefficient (Wildman–Crippen LogP) is 4.45. The fourth-order valence-corrected chi connectivity index (χ4v) is 7.18. The molecule has 2 saturated heterocycles. The molecule has 0 radical (unpaired) electrons. The third kappa shape index (κ3) is 1.17. The molecule has 1 aromatic rings. The summed E-state index contributed by atoms with van der Waals surface area (Å²) in [4.78, 5) is 0. The molecule has 0 saturated carbocycles. The van der Waals surface area contributed by atoms with E-state index in [1.165, 1.54) is 16.7 Å². The Hall–Kier alpha value is -0.340. The number of rotatable bonds is 1. The smallest absolute Gasteiger partial charge is 0.0753 e. The Morgan fingerprint density at radius 3 is 2.61 bits per heavy atom. The van der Waals surface area contributed by atoms with Crippen molar-refractivity contribution in [2.75, 3.05) is 0 Å². The Bertz CT molecular complexity index is 591. The highest BCUT2D eigenvalue weighted by Gasteiger charge is 2.79. The maximum absolute atomic E-state index is 2.49. The normalized spacial score (nSPS) is 47.4. The van der Waals surface area contributed by atoms with Crippen molar-refractivity contribution < 1.29 is 0 Å². The average Bonchev–Trinajstić information content (AvgIpc) is 3.12. The van der Waals surface area contributed by atoms with Crippen LogP contribution in [0.15, 0.2) is 30.4 Å². The maximum Gasteiger partial charge on any atom is 0.0753 e. The third-order valence-corrected chi connectivity index (χ3v) is 8.69. The van der Waals surface area contributed by atoms with Crippen molar-refractivity contribution in [2.45, 2.75) is 47.2 Å². The quantitative estimate of drug-likeness (QED) is 0.548. The minimum atomic E-state index is 0.262. The van der Waals surface area contributed by atoms with Crippen LogP contribution in [0.5, 0.6) is 0 Å².